The van der Waals surface area contributed by atoms with Crippen LogP contribution in [0.5, 0.6) is 0 Å². The van der Waals surface area contributed by atoms with Gasteiger partial charge in [0.1, 0.15) is 17.7 Å². The molecular formula is C19H13N5O. The van der Waals surface area contributed by atoms with E-state index in [1.54, 1.807) is 24.3 Å². The topological polar surface area (TPSA) is 98.5 Å². The van der Waals surface area contributed by atoms with Gasteiger partial charge in [0.15, 0.2) is 0 Å². The molecular weight excluding hydrogens is 314 g/mol. The Kier molecular flexibility index (Phi) is 4.55. The highest BCUT2D eigenvalue weighted by molar-refractivity contribution is 5.62. The predicted octanol–water partition coefficient (Wildman–Crippen LogP) is 4.05. The summed E-state index contributed by atoms with van der Waals surface area (Å²) >= 11 is 0. The summed E-state index contributed by atoms with van der Waals surface area (Å²) in [5, 5.41) is 24.3. The number of hydrogen-bond acceptors (Lipinski definition) is 6. The van der Waals surface area contributed by atoms with Crippen molar-refractivity contribution in [2.75, 3.05) is 5.32 Å². The molecule has 0 saturated heterocycles. The number of anilines is 1. The summed E-state index contributed by atoms with van der Waals surface area (Å²) in [4.78, 5) is 4.41. The van der Waals surface area contributed by atoms with Crippen LogP contribution in [0.1, 0.15) is 5.56 Å². The van der Waals surface area contributed by atoms with E-state index >= 15 is 0 Å². The third-order valence-electron chi connectivity index (χ3n) is 3.49. The summed E-state index contributed by atoms with van der Waals surface area (Å²) in [5.41, 5.74) is 3.58. The van der Waals surface area contributed by atoms with Crippen molar-refractivity contribution in [1.29, 1.82) is 10.5 Å². The monoisotopic (exact) mass is 327 g/mol. The first kappa shape index (κ1) is 16.0. The maximum atomic E-state index is 8.70. The van der Waals surface area contributed by atoms with E-state index in [0.29, 0.717) is 11.7 Å². The number of nitrogens with one attached hydrogen (secondary N) is 1. The van der Waals surface area contributed by atoms with Gasteiger partial charge >= 0.3 is 0 Å². The lowest BCUT2D eigenvalue weighted by Crippen LogP contribution is -1.89. The number of hydrogen-bond donors (Lipinski definition) is 1. The number of nitrogens with zero attached hydrogens (tertiary/aromatic N) is 4. The zero-order valence-corrected chi connectivity index (χ0v) is 13.4. The van der Waals surface area contributed by atoms with Gasteiger partial charge in [-0.05, 0) is 31.2 Å². The highest BCUT2D eigenvalue weighted by Gasteiger charge is 2.10. The predicted molar refractivity (Wildman–Crippen MR) is 92.8 cm³/mol. The molecule has 0 saturated carbocycles. The molecule has 1 heterocycles. The van der Waals surface area contributed by atoms with Crippen molar-refractivity contribution in [2.24, 2.45) is 0 Å². The number of aromatic nitrogens is 2. The first-order valence-corrected chi connectivity index (χ1v) is 7.47. The zero-order chi connectivity index (χ0) is 17.6. The maximum Gasteiger partial charge on any atom is 0.258 e. The van der Waals surface area contributed by atoms with Crippen LogP contribution < -0.4 is 5.32 Å². The van der Waals surface area contributed by atoms with E-state index in [0.717, 1.165) is 16.8 Å². The second-order valence-electron chi connectivity index (χ2n) is 5.29. The number of benzene rings is 2. The lowest BCUT2D eigenvalue weighted by molar-refractivity contribution is 0.432. The van der Waals surface area contributed by atoms with Crippen LogP contribution in [0, 0.1) is 29.6 Å². The van der Waals surface area contributed by atoms with Crippen LogP contribution >= 0.6 is 0 Å². The molecule has 3 rings (SSSR count). The lowest BCUT2D eigenvalue weighted by Gasteiger charge is -2.01. The molecule has 0 aliphatic carbocycles. The van der Waals surface area contributed by atoms with Crippen molar-refractivity contribution in [1.82, 2.24) is 10.1 Å². The summed E-state index contributed by atoms with van der Waals surface area (Å²) in [6.45, 7) is 2.02. The van der Waals surface area contributed by atoms with Crippen molar-refractivity contribution in [2.45, 2.75) is 6.92 Å². The smallest absolute Gasteiger partial charge is 0.258 e. The van der Waals surface area contributed by atoms with Crippen LogP contribution in [-0.4, -0.2) is 10.1 Å². The molecule has 0 spiro atoms. The Hall–Kier alpha value is -3.90. The van der Waals surface area contributed by atoms with Gasteiger partial charge in [0.25, 0.3) is 5.89 Å². The van der Waals surface area contributed by atoms with Gasteiger partial charge in [-0.15, -0.1) is 0 Å². The van der Waals surface area contributed by atoms with Gasteiger partial charge in [0.05, 0.1) is 0 Å². The number of nitriles is 2. The highest BCUT2D eigenvalue weighted by atomic mass is 16.5. The molecule has 0 radical (unpaired) electrons. The molecule has 0 bridgehead atoms. The van der Waals surface area contributed by atoms with E-state index in [1.165, 1.54) is 11.8 Å². The van der Waals surface area contributed by atoms with E-state index < -0.39 is 0 Å². The maximum absolute atomic E-state index is 8.70. The fraction of sp³-hybridized carbons (Fsp3) is 0.0526. The summed E-state index contributed by atoms with van der Waals surface area (Å²) in [5.74, 6) is 0.959. The number of allylic oxidation sites excluding steroid dienone is 1. The Morgan fingerprint density at radius 3 is 2.28 bits per heavy atom. The van der Waals surface area contributed by atoms with Crippen LogP contribution in [0.3, 0.4) is 0 Å². The largest absolute Gasteiger partial charge is 0.360 e. The molecule has 3 aromatic rings. The van der Waals surface area contributed by atoms with Gasteiger partial charge in [-0.1, -0.05) is 35.0 Å². The molecule has 0 fully saturated rings. The minimum atomic E-state index is 0.00344. The third-order valence-corrected chi connectivity index (χ3v) is 3.49. The van der Waals surface area contributed by atoms with E-state index in [9.17, 15) is 0 Å². The molecule has 0 aliphatic rings. The van der Waals surface area contributed by atoms with Crippen LogP contribution in [0.15, 0.2) is 64.8 Å². The van der Waals surface area contributed by atoms with Gasteiger partial charge in [0, 0.05) is 23.0 Å². The fourth-order valence-corrected chi connectivity index (χ4v) is 2.11. The summed E-state index contributed by atoms with van der Waals surface area (Å²) in [7, 11) is 0. The lowest BCUT2D eigenvalue weighted by atomic mass is 10.1. The van der Waals surface area contributed by atoms with Gasteiger partial charge < -0.3 is 9.84 Å². The minimum Gasteiger partial charge on any atom is -0.360 e. The Bertz CT molecular complexity index is 970. The Morgan fingerprint density at radius 1 is 1.00 bits per heavy atom. The Labute approximate surface area is 144 Å². The van der Waals surface area contributed by atoms with Gasteiger partial charge in [-0.3, -0.25) is 0 Å². The molecule has 1 aromatic heterocycles. The number of rotatable bonds is 4. The molecule has 6 heteroatoms. The van der Waals surface area contributed by atoms with Crippen LogP contribution in [0.25, 0.3) is 22.8 Å². The summed E-state index contributed by atoms with van der Waals surface area (Å²) < 4.78 is 5.33. The standard InChI is InChI=1S/C19H13N5O/c1-13-2-4-15(5-3-13)18-23-19(25-24-18)16-6-8-17(9-7-16)22-12-14(10-20)11-21/h2-9,12,22H,1H3. The van der Waals surface area contributed by atoms with Gasteiger partial charge in [0.2, 0.25) is 5.82 Å². The SMILES string of the molecule is Cc1ccc(-c2noc(-c3ccc(NC=C(C#N)C#N)cc3)n2)cc1. The van der Waals surface area contributed by atoms with Crippen molar-refractivity contribution in [3.63, 3.8) is 0 Å². The fourth-order valence-electron chi connectivity index (χ4n) is 2.11. The van der Waals surface area contributed by atoms with Crippen molar-refractivity contribution >= 4 is 5.69 Å². The summed E-state index contributed by atoms with van der Waals surface area (Å²) in [6, 6.07) is 18.7. The normalized spacial score (nSPS) is 9.72. The van der Waals surface area contributed by atoms with Crippen LogP contribution in [0.4, 0.5) is 5.69 Å². The molecule has 1 N–H and O–H groups in total. The zero-order valence-electron chi connectivity index (χ0n) is 13.4. The molecule has 120 valence electrons. The van der Waals surface area contributed by atoms with Gasteiger partial charge in [-0.25, -0.2) is 0 Å². The van der Waals surface area contributed by atoms with E-state index in [-0.39, 0.29) is 5.57 Å². The molecule has 0 unspecified atom stereocenters. The molecule has 0 amide bonds. The summed E-state index contributed by atoms with van der Waals surface area (Å²) in [6.07, 6.45) is 1.36. The molecule has 0 aliphatic heterocycles. The van der Waals surface area contributed by atoms with E-state index in [4.69, 9.17) is 15.0 Å². The van der Waals surface area contributed by atoms with Crippen molar-refractivity contribution in [3.8, 4) is 35.0 Å². The molecule has 6 nitrogen and oxygen atoms in total. The molecule has 0 atom stereocenters. The average Bonchev–Trinajstić information content (AvgIpc) is 3.14. The van der Waals surface area contributed by atoms with Gasteiger partial charge in [-0.2, -0.15) is 15.5 Å². The second kappa shape index (κ2) is 7.12. The molecule has 2 aromatic carbocycles. The minimum absolute atomic E-state index is 0.00344. The first-order chi connectivity index (χ1) is 12.2. The highest BCUT2D eigenvalue weighted by Crippen LogP contribution is 2.23. The third kappa shape index (κ3) is 3.72. The Balaban J connectivity index is 1.77. The first-order valence-electron chi connectivity index (χ1n) is 7.47. The van der Waals surface area contributed by atoms with E-state index in [1.807, 2.05) is 43.3 Å². The average molecular weight is 327 g/mol. The number of aryl methyl sites for hydroxylation is 1. The molecule has 25 heavy (non-hydrogen) atoms. The Morgan fingerprint density at radius 2 is 1.64 bits per heavy atom. The quantitative estimate of drug-likeness (QED) is 0.726. The van der Waals surface area contributed by atoms with Crippen LogP contribution in [-0.2, 0) is 0 Å². The van der Waals surface area contributed by atoms with Crippen molar-refractivity contribution < 1.29 is 4.52 Å². The van der Waals surface area contributed by atoms with Crippen molar-refractivity contribution in [3.05, 3.63) is 65.9 Å². The second-order valence-corrected chi connectivity index (χ2v) is 5.29. The van der Waals surface area contributed by atoms with E-state index in [2.05, 4.69) is 15.5 Å². The van der Waals surface area contributed by atoms with Crippen LogP contribution in [0.2, 0.25) is 0 Å².